The van der Waals surface area contributed by atoms with Gasteiger partial charge in [-0.05, 0) is 30.5 Å². The molecule has 1 aromatic carbocycles. The van der Waals surface area contributed by atoms with E-state index in [1.807, 2.05) is 12.1 Å². The van der Waals surface area contributed by atoms with Crippen molar-refractivity contribution in [3.05, 3.63) is 33.8 Å². The zero-order chi connectivity index (χ0) is 14.8. The van der Waals surface area contributed by atoms with Gasteiger partial charge in [0.25, 0.3) is 0 Å². The second kappa shape index (κ2) is 9.83. The van der Waals surface area contributed by atoms with E-state index in [4.69, 9.17) is 33.8 Å². The summed E-state index contributed by atoms with van der Waals surface area (Å²) in [5.41, 5.74) is 3.56. The maximum Gasteiger partial charge on any atom is 0.205 e. The van der Waals surface area contributed by atoms with E-state index in [0.29, 0.717) is 35.7 Å². The highest BCUT2D eigenvalue weighted by molar-refractivity contribution is 6.35. The minimum atomic E-state index is 0.561. The fraction of sp³-hybridized carbons (Fsp3) is 0.462. The average molecular weight is 319 g/mol. The van der Waals surface area contributed by atoms with Crippen LogP contribution in [0.5, 0.6) is 0 Å². The van der Waals surface area contributed by atoms with E-state index < -0.39 is 0 Å². The zero-order valence-electron chi connectivity index (χ0n) is 11.5. The van der Waals surface area contributed by atoms with Crippen molar-refractivity contribution in [1.82, 2.24) is 10.7 Å². The Hall–Kier alpha value is -1.01. The highest BCUT2D eigenvalue weighted by Crippen LogP contribution is 2.20. The highest BCUT2D eigenvalue weighted by atomic mass is 35.5. The summed E-state index contributed by atoms with van der Waals surface area (Å²) < 4.78 is 4.95. The SMILES string of the molecule is COCCCN=C(NN)NCCc1ccc(Cl)cc1Cl. The lowest BCUT2D eigenvalue weighted by Crippen LogP contribution is -2.42. The fourth-order valence-electron chi connectivity index (χ4n) is 1.59. The Labute approximate surface area is 129 Å². The summed E-state index contributed by atoms with van der Waals surface area (Å²) >= 11 is 12.0. The van der Waals surface area contributed by atoms with E-state index in [1.165, 1.54) is 0 Å². The lowest BCUT2D eigenvalue weighted by molar-refractivity contribution is 0.197. The second-order valence-electron chi connectivity index (χ2n) is 4.13. The van der Waals surface area contributed by atoms with Crippen LogP contribution in [0.4, 0.5) is 0 Å². The molecule has 0 saturated carbocycles. The molecule has 0 aliphatic heterocycles. The largest absolute Gasteiger partial charge is 0.385 e. The predicted octanol–water partition coefficient (Wildman–Crippen LogP) is 1.98. The van der Waals surface area contributed by atoms with Crippen molar-refractivity contribution in [2.24, 2.45) is 10.8 Å². The molecule has 0 spiro atoms. The molecule has 0 aliphatic rings. The Balaban J connectivity index is 2.37. The molecule has 7 heteroatoms. The summed E-state index contributed by atoms with van der Waals surface area (Å²) in [5.74, 6) is 5.96. The van der Waals surface area contributed by atoms with Crippen molar-refractivity contribution in [2.75, 3.05) is 26.8 Å². The van der Waals surface area contributed by atoms with Crippen LogP contribution in [0.3, 0.4) is 0 Å². The van der Waals surface area contributed by atoms with Crippen molar-refractivity contribution >= 4 is 29.2 Å². The van der Waals surface area contributed by atoms with Crippen molar-refractivity contribution in [3.8, 4) is 0 Å². The molecule has 112 valence electrons. The minimum absolute atomic E-state index is 0.561. The number of nitrogens with two attached hydrogens (primary N) is 1. The monoisotopic (exact) mass is 318 g/mol. The number of benzene rings is 1. The molecule has 0 aliphatic carbocycles. The predicted molar refractivity (Wildman–Crippen MR) is 84.3 cm³/mol. The smallest absolute Gasteiger partial charge is 0.205 e. The molecular weight excluding hydrogens is 299 g/mol. The molecule has 0 atom stereocenters. The topological polar surface area (TPSA) is 71.7 Å². The number of methoxy groups -OCH3 is 1. The molecule has 0 heterocycles. The maximum atomic E-state index is 6.10. The van der Waals surface area contributed by atoms with E-state index in [1.54, 1.807) is 13.2 Å². The van der Waals surface area contributed by atoms with Crippen LogP contribution in [0, 0.1) is 0 Å². The van der Waals surface area contributed by atoms with Crippen LogP contribution in [-0.2, 0) is 11.2 Å². The lowest BCUT2D eigenvalue weighted by Gasteiger charge is -2.10. The van der Waals surface area contributed by atoms with Crippen molar-refractivity contribution < 1.29 is 4.74 Å². The third kappa shape index (κ3) is 6.43. The van der Waals surface area contributed by atoms with Gasteiger partial charge < -0.3 is 10.1 Å². The van der Waals surface area contributed by atoms with Gasteiger partial charge in [-0.3, -0.25) is 10.4 Å². The Morgan fingerprint density at radius 2 is 2.20 bits per heavy atom. The molecule has 20 heavy (non-hydrogen) atoms. The number of halogens is 2. The number of guanidine groups is 1. The number of ether oxygens (including phenoxy) is 1. The second-order valence-corrected chi connectivity index (χ2v) is 4.98. The van der Waals surface area contributed by atoms with Crippen LogP contribution < -0.4 is 16.6 Å². The van der Waals surface area contributed by atoms with E-state index in [2.05, 4.69) is 15.7 Å². The Kier molecular flexibility index (Phi) is 8.37. The number of rotatable bonds is 7. The summed E-state index contributed by atoms with van der Waals surface area (Å²) in [5, 5.41) is 4.42. The molecule has 4 N–H and O–H groups in total. The zero-order valence-corrected chi connectivity index (χ0v) is 13.0. The third-order valence-electron chi connectivity index (χ3n) is 2.62. The first kappa shape index (κ1) is 17.0. The van der Waals surface area contributed by atoms with Gasteiger partial charge in [-0.2, -0.15) is 0 Å². The van der Waals surface area contributed by atoms with Crippen LogP contribution in [0.2, 0.25) is 10.0 Å². The summed E-state index contributed by atoms with van der Waals surface area (Å²) in [6.45, 7) is 2.01. The third-order valence-corrected chi connectivity index (χ3v) is 3.20. The van der Waals surface area contributed by atoms with E-state index >= 15 is 0 Å². The molecule has 1 aromatic rings. The molecular formula is C13H20Cl2N4O. The van der Waals surface area contributed by atoms with Crippen molar-refractivity contribution in [1.29, 1.82) is 0 Å². The van der Waals surface area contributed by atoms with Crippen LogP contribution in [0.1, 0.15) is 12.0 Å². The number of hydrogen-bond acceptors (Lipinski definition) is 3. The normalized spacial score (nSPS) is 11.5. The Morgan fingerprint density at radius 1 is 1.40 bits per heavy atom. The molecule has 1 rings (SSSR count). The minimum Gasteiger partial charge on any atom is -0.385 e. The molecule has 0 bridgehead atoms. The van der Waals surface area contributed by atoms with Crippen LogP contribution >= 0.6 is 23.2 Å². The first-order valence-corrected chi connectivity index (χ1v) is 7.10. The molecule has 0 amide bonds. The average Bonchev–Trinajstić information content (AvgIpc) is 2.43. The molecule has 0 saturated heterocycles. The van der Waals surface area contributed by atoms with Crippen LogP contribution in [0.25, 0.3) is 0 Å². The van der Waals surface area contributed by atoms with Crippen LogP contribution in [0.15, 0.2) is 23.2 Å². The number of nitrogens with one attached hydrogen (secondary N) is 2. The Morgan fingerprint density at radius 3 is 2.85 bits per heavy atom. The quantitative estimate of drug-likeness (QED) is 0.236. The molecule has 5 nitrogen and oxygen atoms in total. The Bertz CT molecular complexity index is 440. The van der Waals surface area contributed by atoms with Gasteiger partial charge in [0, 0.05) is 36.9 Å². The van der Waals surface area contributed by atoms with E-state index in [9.17, 15) is 0 Å². The fourth-order valence-corrected chi connectivity index (χ4v) is 2.10. The summed E-state index contributed by atoms with van der Waals surface area (Å²) in [7, 11) is 1.67. The highest BCUT2D eigenvalue weighted by Gasteiger charge is 2.02. The summed E-state index contributed by atoms with van der Waals surface area (Å²) in [4.78, 5) is 4.28. The van der Waals surface area contributed by atoms with Gasteiger partial charge in [0.1, 0.15) is 0 Å². The standard InChI is InChI=1S/C13H20Cl2N4O/c1-20-8-2-6-17-13(19-16)18-7-5-10-3-4-11(14)9-12(10)15/h3-4,9H,2,5-8,16H2,1H3,(H2,17,18,19). The van der Waals surface area contributed by atoms with Gasteiger partial charge in [-0.1, -0.05) is 29.3 Å². The number of hydrazine groups is 1. The summed E-state index contributed by atoms with van der Waals surface area (Å²) in [6.07, 6.45) is 1.61. The van der Waals surface area contributed by atoms with Gasteiger partial charge in [0.15, 0.2) is 0 Å². The van der Waals surface area contributed by atoms with Gasteiger partial charge >= 0.3 is 0 Å². The van der Waals surface area contributed by atoms with Crippen LogP contribution in [-0.4, -0.2) is 32.8 Å². The van der Waals surface area contributed by atoms with Gasteiger partial charge in [0.05, 0.1) is 0 Å². The number of aliphatic imine (C=N–C) groups is 1. The van der Waals surface area contributed by atoms with Gasteiger partial charge in [-0.25, -0.2) is 5.84 Å². The molecule has 0 fully saturated rings. The maximum absolute atomic E-state index is 6.10. The molecule has 0 aromatic heterocycles. The summed E-state index contributed by atoms with van der Waals surface area (Å²) in [6, 6.07) is 5.47. The number of hydrogen-bond donors (Lipinski definition) is 3. The first-order valence-electron chi connectivity index (χ1n) is 6.35. The van der Waals surface area contributed by atoms with Gasteiger partial charge in [-0.15, -0.1) is 0 Å². The lowest BCUT2D eigenvalue weighted by atomic mass is 10.1. The first-order chi connectivity index (χ1) is 9.67. The molecule has 0 radical (unpaired) electrons. The molecule has 0 unspecified atom stereocenters. The van der Waals surface area contributed by atoms with Crippen molar-refractivity contribution in [3.63, 3.8) is 0 Å². The van der Waals surface area contributed by atoms with E-state index in [0.717, 1.165) is 18.4 Å². The van der Waals surface area contributed by atoms with Gasteiger partial charge in [0.2, 0.25) is 5.96 Å². The number of nitrogens with zero attached hydrogens (tertiary/aromatic N) is 1. The van der Waals surface area contributed by atoms with E-state index in [-0.39, 0.29) is 0 Å². The van der Waals surface area contributed by atoms with Crippen molar-refractivity contribution in [2.45, 2.75) is 12.8 Å².